The highest BCUT2D eigenvalue weighted by Crippen LogP contribution is 2.17. The maximum Gasteiger partial charge on any atom is 0.306 e. The Hall–Kier alpha value is -2.75. The molecule has 4 heteroatoms. The van der Waals surface area contributed by atoms with Crippen LogP contribution >= 0.6 is 0 Å². The first-order valence-corrected chi connectivity index (χ1v) is 14.3. The number of allylic oxidation sites excluding steroid dienone is 3. The lowest BCUT2D eigenvalue weighted by atomic mass is 9.97. The molecule has 212 valence electrons. The molecule has 0 bridgehead atoms. The van der Waals surface area contributed by atoms with E-state index in [9.17, 15) is 13.6 Å². The zero-order chi connectivity index (χ0) is 28.9. The number of carboxylic acids is 1. The van der Waals surface area contributed by atoms with E-state index < -0.39 is 17.6 Å². The monoisotopic (exact) mass is 528 g/mol. The van der Waals surface area contributed by atoms with E-state index in [-0.39, 0.29) is 11.5 Å². The molecule has 0 aliphatic rings. The second-order valence-electron chi connectivity index (χ2n) is 9.44. The Morgan fingerprint density at radius 2 is 1.42 bits per heavy atom. The highest BCUT2D eigenvalue weighted by Gasteiger charge is 2.13. The van der Waals surface area contributed by atoms with Crippen molar-refractivity contribution in [3.05, 3.63) is 94.6 Å². The van der Waals surface area contributed by atoms with Crippen LogP contribution in [-0.4, -0.2) is 11.1 Å². The third kappa shape index (κ3) is 13.7. The van der Waals surface area contributed by atoms with Gasteiger partial charge in [0, 0.05) is 5.56 Å². The number of aliphatic carboxylic acids is 1. The van der Waals surface area contributed by atoms with E-state index in [2.05, 4.69) is 50.8 Å². The Balaban J connectivity index is 0.000000559. The molecule has 0 spiro atoms. The summed E-state index contributed by atoms with van der Waals surface area (Å²) in [6.45, 7) is 15.8. The summed E-state index contributed by atoms with van der Waals surface area (Å²) >= 11 is 0. The van der Waals surface area contributed by atoms with Crippen molar-refractivity contribution >= 4 is 5.97 Å². The normalized spacial score (nSPS) is 10.8. The molecule has 0 fully saturated rings. The van der Waals surface area contributed by atoms with Crippen molar-refractivity contribution in [3.63, 3.8) is 0 Å². The van der Waals surface area contributed by atoms with Gasteiger partial charge in [0.1, 0.15) is 11.6 Å². The first-order valence-electron chi connectivity index (χ1n) is 14.3. The van der Waals surface area contributed by atoms with Crippen LogP contribution in [0.4, 0.5) is 8.78 Å². The Labute approximate surface area is 230 Å². The van der Waals surface area contributed by atoms with Crippen LogP contribution < -0.4 is 0 Å². The summed E-state index contributed by atoms with van der Waals surface area (Å²) in [6, 6.07) is 11.6. The molecule has 0 saturated heterocycles. The number of aryl methyl sites for hydroxylation is 3. The maximum atomic E-state index is 13.1. The van der Waals surface area contributed by atoms with E-state index in [4.69, 9.17) is 5.11 Å². The lowest BCUT2D eigenvalue weighted by Gasteiger charge is -2.08. The molecule has 2 nitrogen and oxygen atoms in total. The summed E-state index contributed by atoms with van der Waals surface area (Å²) in [6.07, 6.45) is 13.4. The summed E-state index contributed by atoms with van der Waals surface area (Å²) in [7, 11) is 0. The average Bonchev–Trinajstić information content (AvgIpc) is 2.90. The third-order valence-electron chi connectivity index (χ3n) is 6.54. The van der Waals surface area contributed by atoms with Crippen molar-refractivity contribution in [1.29, 1.82) is 0 Å². The maximum absolute atomic E-state index is 13.1. The summed E-state index contributed by atoms with van der Waals surface area (Å²) in [5.74, 6) is -1.58. The van der Waals surface area contributed by atoms with E-state index >= 15 is 0 Å². The fourth-order valence-electron chi connectivity index (χ4n) is 4.24. The minimum absolute atomic E-state index is 0.102. The van der Waals surface area contributed by atoms with Gasteiger partial charge in [-0.25, -0.2) is 8.78 Å². The fourth-order valence-corrected chi connectivity index (χ4v) is 4.24. The fraction of sp³-hybridized carbons (Fsp3) is 0.500. The van der Waals surface area contributed by atoms with E-state index in [0.29, 0.717) is 18.4 Å². The molecule has 0 atom stereocenters. The van der Waals surface area contributed by atoms with Gasteiger partial charge in [0.25, 0.3) is 0 Å². The van der Waals surface area contributed by atoms with Crippen LogP contribution in [0.1, 0.15) is 102 Å². The van der Waals surface area contributed by atoms with E-state index in [1.54, 1.807) is 6.92 Å². The van der Waals surface area contributed by atoms with Gasteiger partial charge in [-0.2, -0.15) is 0 Å². The molecule has 0 aliphatic heterocycles. The van der Waals surface area contributed by atoms with Crippen LogP contribution in [0.15, 0.2) is 60.7 Å². The van der Waals surface area contributed by atoms with Gasteiger partial charge in [-0.15, -0.1) is 0 Å². The van der Waals surface area contributed by atoms with E-state index in [1.807, 2.05) is 26.8 Å². The predicted octanol–water partition coefficient (Wildman–Crippen LogP) is 10.1. The van der Waals surface area contributed by atoms with Crippen LogP contribution in [0.5, 0.6) is 0 Å². The summed E-state index contributed by atoms with van der Waals surface area (Å²) < 4.78 is 26.1. The number of halogens is 2. The topological polar surface area (TPSA) is 37.3 Å². The second-order valence-corrected chi connectivity index (χ2v) is 9.44. The van der Waals surface area contributed by atoms with Crippen LogP contribution in [-0.2, 0) is 30.5 Å². The smallest absolute Gasteiger partial charge is 0.306 e. The van der Waals surface area contributed by atoms with Gasteiger partial charge in [0.2, 0.25) is 0 Å². The lowest BCUT2D eigenvalue weighted by Crippen LogP contribution is -2.12. The van der Waals surface area contributed by atoms with Gasteiger partial charge in [-0.1, -0.05) is 102 Å². The molecule has 0 aromatic heterocycles. The average molecular weight is 529 g/mol. The molecule has 0 aliphatic carbocycles. The van der Waals surface area contributed by atoms with Crippen molar-refractivity contribution < 1.29 is 18.7 Å². The number of carbonyl (C=O) groups is 1. The molecular weight excluding hydrogens is 478 g/mol. The van der Waals surface area contributed by atoms with Gasteiger partial charge in [-0.3, -0.25) is 4.79 Å². The Bertz CT molecular complexity index is 949. The number of hydrogen-bond donors (Lipinski definition) is 1. The molecule has 0 amide bonds. The van der Waals surface area contributed by atoms with Crippen LogP contribution in [0, 0.1) is 17.6 Å². The zero-order valence-corrected chi connectivity index (χ0v) is 24.6. The largest absolute Gasteiger partial charge is 0.481 e. The van der Waals surface area contributed by atoms with Gasteiger partial charge in [0.05, 0.1) is 5.92 Å². The Morgan fingerprint density at radius 1 is 0.895 bits per heavy atom. The Kier molecular flexibility index (Phi) is 19.7. The minimum Gasteiger partial charge on any atom is -0.481 e. The van der Waals surface area contributed by atoms with Crippen LogP contribution in [0.25, 0.3) is 0 Å². The van der Waals surface area contributed by atoms with Crippen molar-refractivity contribution in [3.8, 4) is 0 Å². The number of rotatable bonds is 13. The number of carboxylic acid groups (broad SMARTS) is 1. The van der Waals surface area contributed by atoms with Crippen molar-refractivity contribution in [2.24, 2.45) is 5.92 Å². The van der Waals surface area contributed by atoms with E-state index in [1.165, 1.54) is 41.7 Å². The van der Waals surface area contributed by atoms with Gasteiger partial charge in [0.15, 0.2) is 0 Å². The van der Waals surface area contributed by atoms with Gasteiger partial charge < -0.3 is 5.11 Å². The van der Waals surface area contributed by atoms with Crippen molar-refractivity contribution in [2.75, 3.05) is 0 Å². The number of hydrogen-bond acceptors (Lipinski definition) is 1. The molecule has 0 heterocycles. The predicted molar refractivity (Wildman–Crippen MR) is 159 cm³/mol. The number of benzene rings is 2. The highest BCUT2D eigenvalue weighted by molar-refractivity contribution is 5.69. The van der Waals surface area contributed by atoms with Crippen LogP contribution in [0.3, 0.4) is 0 Å². The standard InChI is InChI=1S/C16H22.C10H12F2.C8H16O2/c1-4-9-15-10-7-8-11-16(15)13-12-14(5-2)6-3;1-3-7-5-9(11)8(4-2)10(12)6-7;1-3-5-7(6-4-2)8(9)10/h5-8,10-11H,2,4,9,12-13H2,1,3H3;5-6H,3-4H2,1-2H3;7H,3-6H2,1-2H3,(H,9,10)/b14-6+;;. The van der Waals surface area contributed by atoms with Crippen molar-refractivity contribution in [2.45, 2.75) is 106 Å². The highest BCUT2D eigenvalue weighted by atomic mass is 19.1. The molecular formula is C34H50F2O2. The molecule has 0 unspecified atom stereocenters. The first kappa shape index (κ1) is 35.2. The summed E-state index contributed by atoms with van der Waals surface area (Å²) in [5, 5.41) is 8.64. The van der Waals surface area contributed by atoms with E-state index in [0.717, 1.165) is 38.5 Å². The van der Waals surface area contributed by atoms with Crippen LogP contribution in [0.2, 0.25) is 0 Å². The molecule has 2 aromatic carbocycles. The SMILES string of the molecule is C=C/C(=C\C)CCc1ccccc1CCC.CCCC(CCC)C(=O)O.CCc1cc(F)c(CC)c(F)c1. The van der Waals surface area contributed by atoms with Gasteiger partial charge in [-0.05, 0) is 80.7 Å². The summed E-state index contributed by atoms with van der Waals surface area (Å²) in [4.78, 5) is 10.5. The second kappa shape index (κ2) is 21.2. The first-order chi connectivity index (χ1) is 18.2. The molecule has 38 heavy (non-hydrogen) atoms. The molecule has 0 radical (unpaired) electrons. The minimum atomic E-state index is -0.635. The molecule has 1 N–H and O–H groups in total. The van der Waals surface area contributed by atoms with Gasteiger partial charge >= 0.3 is 5.97 Å². The molecule has 0 saturated carbocycles. The Morgan fingerprint density at radius 3 is 1.79 bits per heavy atom. The molecule has 2 rings (SSSR count). The molecule has 2 aromatic rings. The third-order valence-corrected chi connectivity index (χ3v) is 6.54. The quantitative estimate of drug-likeness (QED) is 0.263. The summed E-state index contributed by atoms with van der Waals surface area (Å²) in [5.41, 5.74) is 5.23. The lowest BCUT2D eigenvalue weighted by molar-refractivity contribution is -0.142. The zero-order valence-electron chi connectivity index (χ0n) is 24.6. The van der Waals surface area contributed by atoms with Crippen molar-refractivity contribution in [1.82, 2.24) is 0 Å².